The Labute approximate surface area is 99.8 Å². The standard InChI is InChI=1S/C12H16N2O3/c1-8(15)17-12-3-2-9(6-11(12)16)10-7-13-4-5-14-10/h2-3,6,10,13-14,16H,4-5,7H2,1H3/t10-/m1/s1. The molecular weight excluding hydrogens is 220 g/mol. The van der Waals surface area contributed by atoms with E-state index in [1.54, 1.807) is 12.1 Å². The zero-order valence-corrected chi connectivity index (χ0v) is 9.69. The molecule has 0 aromatic heterocycles. The van der Waals surface area contributed by atoms with Crippen molar-refractivity contribution < 1.29 is 14.6 Å². The molecule has 1 aliphatic heterocycles. The summed E-state index contributed by atoms with van der Waals surface area (Å²) in [5.41, 5.74) is 0.977. The highest BCUT2D eigenvalue weighted by Crippen LogP contribution is 2.29. The molecule has 1 heterocycles. The van der Waals surface area contributed by atoms with Crippen LogP contribution < -0.4 is 15.4 Å². The maximum atomic E-state index is 10.8. The van der Waals surface area contributed by atoms with Crippen molar-refractivity contribution in [2.45, 2.75) is 13.0 Å². The molecule has 1 saturated heterocycles. The molecule has 0 spiro atoms. The minimum absolute atomic E-state index is 0.00919. The highest BCUT2D eigenvalue weighted by atomic mass is 16.5. The molecule has 5 heteroatoms. The van der Waals surface area contributed by atoms with Crippen molar-refractivity contribution in [1.82, 2.24) is 10.6 Å². The highest BCUT2D eigenvalue weighted by Gasteiger charge is 2.16. The van der Waals surface area contributed by atoms with Gasteiger partial charge in [0.15, 0.2) is 11.5 Å². The molecule has 0 saturated carbocycles. The van der Waals surface area contributed by atoms with Gasteiger partial charge in [0.1, 0.15) is 0 Å². The Morgan fingerprint density at radius 3 is 2.88 bits per heavy atom. The quantitative estimate of drug-likeness (QED) is 0.517. The van der Waals surface area contributed by atoms with Crippen molar-refractivity contribution in [2.24, 2.45) is 0 Å². The third-order valence-electron chi connectivity index (χ3n) is 2.68. The summed E-state index contributed by atoms with van der Waals surface area (Å²) in [5, 5.41) is 16.4. The van der Waals surface area contributed by atoms with Gasteiger partial charge >= 0.3 is 5.97 Å². The fraction of sp³-hybridized carbons (Fsp3) is 0.417. The van der Waals surface area contributed by atoms with Crippen LogP contribution >= 0.6 is 0 Å². The molecular formula is C12H16N2O3. The molecule has 1 atom stereocenters. The van der Waals surface area contributed by atoms with Gasteiger partial charge in [-0.2, -0.15) is 0 Å². The van der Waals surface area contributed by atoms with Crippen molar-refractivity contribution in [2.75, 3.05) is 19.6 Å². The van der Waals surface area contributed by atoms with Crippen molar-refractivity contribution in [3.8, 4) is 11.5 Å². The molecule has 0 amide bonds. The van der Waals surface area contributed by atoms with E-state index in [0.29, 0.717) is 0 Å². The van der Waals surface area contributed by atoms with Crippen LogP contribution in [0.4, 0.5) is 0 Å². The fourth-order valence-corrected chi connectivity index (χ4v) is 1.88. The second-order valence-corrected chi connectivity index (χ2v) is 4.03. The highest BCUT2D eigenvalue weighted by molar-refractivity contribution is 5.70. The monoisotopic (exact) mass is 236 g/mol. The summed E-state index contributed by atoms with van der Waals surface area (Å²) in [7, 11) is 0. The number of phenols is 1. The summed E-state index contributed by atoms with van der Waals surface area (Å²) in [6.45, 7) is 3.98. The molecule has 5 nitrogen and oxygen atoms in total. The number of benzene rings is 1. The molecule has 0 unspecified atom stereocenters. The number of carbonyl (C=O) groups excluding carboxylic acids is 1. The average Bonchev–Trinajstić information content (AvgIpc) is 2.32. The van der Waals surface area contributed by atoms with Crippen molar-refractivity contribution >= 4 is 5.97 Å². The van der Waals surface area contributed by atoms with Gasteiger partial charge in [-0.1, -0.05) is 6.07 Å². The normalized spacial score (nSPS) is 19.9. The van der Waals surface area contributed by atoms with Crippen LogP contribution in [0.15, 0.2) is 18.2 Å². The van der Waals surface area contributed by atoms with Crippen molar-refractivity contribution in [1.29, 1.82) is 0 Å². The maximum absolute atomic E-state index is 10.8. The van der Waals surface area contributed by atoms with Crippen molar-refractivity contribution in [3.63, 3.8) is 0 Å². The molecule has 92 valence electrons. The average molecular weight is 236 g/mol. The van der Waals surface area contributed by atoms with E-state index in [1.165, 1.54) is 6.92 Å². The summed E-state index contributed by atoms with van der Waals surface area (Å²) in [4.78, 5) is 10.8. The number of ether oxygens (including phenoxy) is 1. The fourth-order valence-electron chi connectivity index (χ4n) is 1.88. The molecule has 17 heavy (non-hydrogen) atoms. The Bertz CT molecular complexity index is 414. The third kappa shape index (κ3) is 2.95. The van der Waals surface area contributed by atoms with E-state index in [9.17, 15) is 9.90 Å². The SMILES string of the molecule is CC(=O)Oc1ccc([C@H]2CNCCN2)cc1O. The van der Waals surface area contributed by atoms with Crippen molar-refractivity contribution in [3.05, 3.63) is 23.8 Å². The van der Waals surface area contributed by atoms with E-state index >= 15 is 0 Å². The lowest BCUT2D eigenvalue weighted by atomic mass is 10.0. The second kappa shape index (κ2) is 5.16. The van der Waals surface area contributed by atoms with Gasteiger partial charge in [0, 0.05) is 32.6 Å². The zero-order chi connectivity index (χ0) is 12.3. The number of hydrogen-bond acceptors (Lipinski definition) is 5. The number of phenolic OH excluding ortho intramolecular Hbond substituents is 1. The number of esters is 1. The molecule has 0 radical (unpaired) electrons. The lowest BCUT2D eigenvalue weighted by molar-refractivity contribution is -0.132. The number of nitrogens with one attached hydrogen (secondary N) is 2. The Hall–Kier alpha value is -1.59. The zero-order valence-electron chi connectivity index (χ0n) is 9.69. The number of hydrogen-bond donors (Lipinski definition) is 3. The Morgan fingerprint density at radius 1 is 1.47 bits per heavy atom. The van der Waals surface area contributed by atoms with Crippen LogP contribution in [0, 0.1) is 0 Å². The van der Waals surface area contributed by atoms with Crippen LogP contribution in [-0.2, 0) is 4.79 Å². The molecule has 1 aliphatic rings. The summed E-state index contributed by atoms with van der Waals surface area (Å²) in [6, 6.07) is 5.27. The van der Waals surface area contributed by atoms with Crippen LogP contribution in [0.5, 0.6) is 11.5 Å². The molecule has 0 aliphatic carbocycles. The second-order valence-electron chi connectivity index (χ2n) is 4.03. The van der Waals surface area contributed by atoms with Gasteiger partial charge in [-0.05, 0) is 17.7 Å². The molecule has 3 N–H and O–H groups in total. The number of piperazine rings is 1. The van der Waals surface area contributed by atoms with Gasteiger partial charge in [-0.15, -0.1) is 0 Å². The molecule has 1 aromatic rings. The lowest BCUT2D eigenvalue weighted by Gasteiger charge is -2.25. The first-order valence-electron chi connectivity index (χ1n) is 5.62. The van der Waals surface area contributed by atoms with E-state index in [0.717, 1.165) is 25.2 Å². The first-order valence-corrected chi connectivity index (χ1v) is 5.62. The first kappa shape index (κ1) is 11.9. The van der Waals surface area contributed by atoms with Crippen LogP contribution in [0.3, 0.4) is 0 Å². The maximum Gasteiger partial charge on any atom is 0.308 e. The van der Waals surface area contributed by atoms with Crippen LogP contribution in [0.25, 0.3) is 0 Å². The predicted octanol–water partition coefficient (Wildman–Crippen LogP) is 0.551. The van der Waals surface area contributed by atoms with Crippen LogP contribution in [0.1, 0.15) is 18.5 Å². The number of rotatable bonds is 2. The van der Waals surface area contributed by atoms with Gasteiger partial charge < -0.3 is 20.5 Å². The van der Waals surface area contributed by atoms with Gasteiger partial charge in [-0.25, -0.2) is 0 Å². The summed E-state index contributed by atoms with van der Waals surface area (Å²) in [5.74, 6) is -0.249. The molecule has 0 bridgehead atoms. The van der Waals surface area contributed by atoms with Gasteiger partial charge in [0.25, 0.3) is 0 Å². The summed E-state index contributed by atoms with van der Waals surface area (Å²) >= 11 is 0. The minimum atomic E-state index is -0.439. The minimum Gasteiger partial charge on any atom is -0.504 e. The summed E-state index contributed by atoms with van der Waals surface area (Å²) < 4.78 is 4.86. The van der Waals surface area contributed by atoms with E-state index < -0.39 is 5.97 Å². The number of aromatic hydroxyl groups is 1. The van der Waals surface area contributed by atoms with Crippen LogP contribution in [0.2, 0.25) is 0 Å². The van der Waals surface area contributed by atoms with Gasteiger partial charge in [0.2, 0.25) is 0 Å². The van der Waals surface area contributed by atoms with E-state index in [-0.39, 0.29) is 17.5 Å². The lowest BCUT2D eigenvalue weighted by Crippen LogP contribution is -2.42. The van der Waals surface area contributed by atoms with Gasteiger partial charge in [0.05, 0.1) is 0 Å². The number of carbonyl (C=O) groups is 1. The molecule has 2 rings (SSSR count). The Balaban J connectivity index is 2.14. The molecule has 1 aromatic carbocycles. The van der Waals surface area contributed by atoms with E-state index in [4.69, 9.17) is 4.74 Å². The largest absolute Gasteiger partial charge is 0.504 e. The molecule has 1 fully saturated rings. The Morgan fingerprint density at radius 2 is 2.29 bits per heavy atom. The Kier molecular flexibility index (Phi) is 3.61. The first-order chi connectivity index (χ1) is 8.16. The topological polar surface area (TPSA) is 70.6 Å². The van der Waals surface area contributed by atoms with Crippen LogP contribution in [-0.4, -0.2) is 30.7 Å². The van der Waals surface area contributed by atoms with E-state index in [1.807, 2.05) is 6.07 Å². The summed E-state index contributed by atoms with van der Waals surface area (Å²) in [6.07, 6.45) is 0. The smallest absolute Gasteiger partial charge is 0.308 e. The predicted molar refractivity (Wildman–Crippen MR) is 63.0 cm³/mol. The third-order valence-corrected chi connectivity index (χ3v) is 2.68. The van der Waals surface area contributed by atoms with E-state index in [2.05, 4.69) is 10.6 Å². The van der Waals surface area contributed by atoms with Gasteiger partial charge in [-0.3, -0.25) is 4.79 Å².